The fourth-order valence-electron chi connectivity index (χ4n) is 1.96. The molecule has 2 aromatic carbocycles. The molecule has 4 nitrogen and oxygen atoms in total. The van der Waals surface area contributed by atoms with Crippen molar-refractivity contribution in [3.05, 3.63) is 59.7 Å². The van der Waals surface area contributed by atoms with E-state index in [1.165, 1.54) is 12.1 Å². The van der Waals surface area contributed by atoms with E-state index in [0.717, 1.165) is 12.1 Å². The van der Waals surface area contributed by atoms with Crippen molar-refractivity contribution in [3.63, 3.8) is 0 Å². The molecule has 0 unspecified atom stereocenters. The summed E-state index contributed by atoms with van der Waals surface area (Å²) in [5.41, 5.74) is -0.0744. The molecule has 0 aliphatic carbocycles. The van der Waals surface area contributed by atoms with E-state index in [2.05, 4.69) is 10.6 Å². The van der Waals surface area contributed by atoms with Gasteiger partial charge in [-0.2, -0.15) is 0 Å². The summed E-state index contributed by atoms with van der Waals surface area (Å²) in [4.78, 5) is 22.1. The maximum absolute atomic E-state index is 12.9. The van der Waals surface area contributed by atoms with E-state index in [1.807, 2.05) is 26.0 Å². The zero-order valence-corrected chi connectivity index (χ0v) is 17.5. The summed E-state index contributed by atoms with van der Waals surface area (Å²) in [6.07, 6.45) is 1.99. The maximum Gasteiger partial charge on any atom is 2.00 e. The van der Waals surface area contributed by atoms with E-state index >= 15 is 0 Å². The second-order valence-electron chi connectivity index (χ2n) is 5.66. The summed E-state index contributed by atoms with van der Waals surface area (Å²) in [6, 6.07) is 8.12. The van der Waals surface area contributed by atoms with Crippen molar-refractivity contribution in [2.75, 3.05) is 10.6 Å². The molecular formula is C20H20F4N2O2Ti. The van der Waals surface area contributed by atoms with Crippen LogP contribution in [0.3, 0.4) is 0 Å². The number of nitrogens with one attached hydrogen (secondary N) is 2. The first-order valence-corrected chi connectivity index (χ1v) is 8.61. The van der Waals surface area contributed by atoms with Crippen molar-refractivity contribution in [2.24, 2.45) is 0 Å². The third kappa shape index (κ3) is 10.2. The van der Waals surface area contributed by atoms with Gasteiger partial charge in [0, 0.05) is 36.1 Å². The summed E-state index contributed by atoms with van der Waals surface area (Å²) >= 11 is 0. The summed E-state index contributed by atoms with van der Waals surface area (Å²) in [5, 5.41) is 4.65. The van der Waals surface area contributed by atoms with Crippen molar-refractivity contribution < 1.29 is 48.9 Å². The Balaban J connectivity index is 0.000000523. The average Bonchev–Trinajstić information content (AvgIpc) is 2.61. The van der Waals surface area contributed by atoms with Gasteiger partial charge in [0.2, 0.25) is 11.8 Å². The first-order chi connectivity index (χ1) is 13.3. The minimum Gasteiger partial charge on any atom is -0.377 e. The molecule has 0 radical (unpaired) electrons. The van der Waals surface area contributed by atoms with Crippen LogP contribution < -0.4 is 10.6 Å². The van der Waals surface area contributed by atoms with Crippen LogP contribution in [-0.4, -0.2) is 11.8 Å². The first kappa shape index (κ1) is 26.8. The van der Waals surface area contributed by atoms with Gasteiger partial charge in [-0.3, -0.25) is 9.59 Å². The molecule has 2 rings (SSSR count). The standard InChI is InChI=1S/2C10H10F2NO.Ti/c2*1-2-3-10(14)13-9-5-4-7(11)6-8(9)12;/h2*4-5H,2-3H2,1H3,(H,13,14);/q2*-1;+2. The zero-order valence-electron chi connectivity index (χ0n) is 16.0. The molecule has 0 aliphatic rings. The second-order valence-corrected chi connectivity index (χ2v) is 5.66. The molecule has 0 heterocycles. The van der Waals surface area contributed by atoms with Crippen LogP contribution in [0.5, 0.6) is 0 Å². The van der Waals surface area contributed by atoms with Gasteiger partial charge in [-0.05, 0) is 24.2 Å². The number of hydrogen-bond donors (Lipinski definition) is 2. The Hall–Kier alpha value is -2.19. The number of benzene rings is 2. The molecule has 0 atom stereocenters. The molecule has 2 N–H and O–H groups in total. The van der Waals surface area contributed by atoms with Crippen LogP contribution in [0.2, 0.25) is 0 Å². The number of hydrogen-bond acceptors (Lipinski definition) is 2. The Kier molecular flexibility index (Phi) is 12.9. The van der Waals surface area contributed by atoms with Crippen LogP contribution in [-0.2, 0) is 31.3 Å². The van der Waals surface area contributed by atoms with Gasteiger partial charge in [0.1, 0.15) is 0 Å². The molecule has 0 aromatic heterocycles. The van der Waals surface area contributed by atoms with Gasteiger partial charge < -0.3 is 10.6 Å². The topological polar surface area (TPSA) is 58.2 Å². The van der Waals surface area contributed by atoms with Gasteiger partial charge in [-0.15, -0.1) is 36.4 Å². The van der Waals surface area contributed by atoms with E-state index in [9.17, 15) is 27.2 Å². The molecular weight excluding hydrogens is 424 g/mol. The van der Waals surface area contributed by atoms with Crippen molar-refractivity contribution in [1.29, 1.82) is 0 Å². The van der Waals surface area contributed by atoms with Crippen molar-refractivity contribution >= 4 is 23.2 Å². The minimum atomic E-state index is -0.880. The largest absolute Gasteiger partial charge is 2.00 e. The van der Waals surface area contributed by atoms with Crippen molar-refractivity contribution in [1.82, 2.24) is 0 Å². The Bertz CT molecular complexity index is 752. The van der Waals surface area contributed by atoms with E-state index in [4.69, 9.17) is 0 Å². The molecule has 29 heavy (non-hydrogen) atoms. The van der Waals surface area contributed by atoms with Crippen molar-refractivity contribution in [2.45, 2.75) is 39.5 Å². The van der Waals surface area contributed by atoms with E-state index in [-0.39, 0.29) is 44.9 Å². The van der Waals surface area contributed by atoms with Gasteiger partial charge in [0.15, 0.2) is 0 Å². The number of anilines is 2. The molecule has 0 bridgehead atoms. The average molecular weight is 444 g/mol. The van der Waals surface area contributed by atoms with E-state index in [0.29, 0.717) is 25.7 Å². The van der Waals surface area contributed by atoms with Crippen LogP contribution in [0.4, 0.5) is 28.9 Å². The number of carbonyl (C=O) groups excluding carboxylic acids is 2. The number of rotatable bonds is 6. The summed E-state index contributed by atoms with van der Waals surface area (Å²) in [6.45, 7) is 3.68. The van der Waals surface area contributed by atoms with Gasteiger partial charge in [-0.25, -0.2) is 17.6 Å². The predicted octanol–water partition coefficient (Wildman–Crippen LogP) is 5.00. The third-order valence-corrected chi connectivity index (χ3v) is 3.23. The van der Waals surface area contributed by atoms with Crippen LogP contribution >= 0.6 is 0 Å². The van der Waals surface area contributed by atoms with Crippen LogP contribution in [0, 0.1) is 35.4 Å². The third-order valence-electron chi connectivity index (χ3n) is 3.23. The fraction of sp³-hybridized carbons (Fsp3) is 0.300. The quantitative estimate of drug-likeness (QED) is 0.374. The van der Waals surface area contributed by atoms with E-state index in [1.54, 1.807) is 0 Å². The molecule has 0 fully saturated rings. The molecule has 0 saturated heterocycles. The van der Waals surface area contributed by atoms with Crippen LogP contribution in [0.25, 0.3) is 0 Å². The Morgan fingerprint density at radius 2 is 1.10 bits per heavy atom. The molecule has 9 heteroatoms. The van der Waals surface area contributed by atoms with Gasteiger partial charge >= 0.3 is 21.7 Å². The first-order valence-electron chi connectivity index (χ1n) is 8.61. The number of amides is 2. The zero-order chi connectivity index (χ0) is 21.1. The van der Waals surface area contributed by atoms with Gasteiger partial charge in [0.05, 0.1) is 0 Å². The molecule has 2 aromatic rings. The van der Waals surface area contributed by atoms with Crippen molar-refractivity contribution in [3.8, 4) is 0 Å². The Morgan fingerprint density at radius 1 is 0.759 bits per heavy atom. The Morgan fingerprint density at radius 3 is 1.38 bits per heavy atom. The summed E-state index contributed by atoms with van der Waals surface area (Å²) < 4.78 is 50.7. The Labute approximate surface area is 182 Å². The molecule has 154 valence electrons. The molecule has 0 spiro atoms. The fourth-order valence-corrected chi connectivity index (χ4v) is 1.96. The van der Waals surface area contributed by atoms with E-state index < -0.39 is 23.3 Å². The van der Waals surface area contributed by atoms with Crippen LogP contribution in [0.1, 0.15) is 39.5 Å². The summed E-state index contributed by atoms with van der Waals surface area (Å²) in [5.74, 6) is -3.89. The molecule has 2 amide bonds. The monoisotopic (exact) mass is 444 g/mol. The second kappa shape index (κ2) is 13.9. The summed E-state index contributed by atoms with van der Waals surface area (Å²) in [7, 11) is 0. The van der Waals surface area contributed by atoms with Crippen LogP contribution in [0.15, 0.2) is 24.3 Å². The molecule has 0 aliphatic heterocycles. The van der Waals surface area contributed by atoms with Gasteiger partial charge in [-0.1, -0.05) is 13.8 Å². The number of halogens is 4. The normalized spacial score (nSPS) is 9.59. The maximum atomic E-state index is 12.9. The minimum absolute atomic E-state index is 0. The SMILES string of the molecule is CCCC(=O)Nc1ccc(F)[c-]c1F.CCCC(=O)Nc1ccc(F)[c-]c1F.[Ti+2]. The predicted molar refractivity (Wildman–Crippen MR) is 97.5 cm³/mol. The van der Waals surface area contributed by atoms with Gasteiger partial charge in [0.25, 0.3) is 0 Å². The number of carbonyl (C=O) groups is 2. The molecule has 0 saturated carbocycles. The smallest absolute Gasteiger partial charge is 0.377 e.